The lowest BCUT2D eigenvalue weighted by molar-refractivity contribution is -0.122. The summed E-state index contributed by atoms with van der Waals surface area (Å²) in [6, 6.07) is 16.9. The van der Waals surface area contributed by atoms with Gasteiger partial charge in [0.1, 0.15) is 5.82 Å². The van der Waals surface area contributed by atoms with Crippen molar-refractivity contribution in [2.24, 2.45) is 0 Å². The molecule has 170 valence electrons. The minimum atomic E-state index is -0.203. The standard InChI is InChI=1S/C25H27N5O3/c1-17-15-24-29(13-4-14-30(24)28-17)25(33)12-11-23(32)27-21-9-7-19(8-10-21)20-5-3-6-22(16-20)26-18(2)31/h3,5-10,15-16H,4,11-14H2,1-2H3,(H,26,31)(H,27,32). The Balaban J connectivity index is 1.32. The Bertz CT molecular complexity index is 1180. The third-order valence-corrected chi connectivity index (χ3v) is 5.46. The number of fused-ring (bicyclic) bond motifs is 1. The zero-order chi connectivity index (χ0) is 23.4. The number of nitrogens with one attached hydrogen (secondary N) is 2. The first-order valence-corrected chi connectivity index (χ1v) is 11.0. The Morgan fingerprint density at radius 2 is 1.70 bits per heavy atom. The van der Waals surface area contributed by atoms with Gasteiger partial charge in [0.2, 0.25) is 17.7 Å². The molecule has 2 N–H and O–H groups in total. The van der Waals surface area contributed by atoms with Crippen molar-refractivity contribution in [2.75, 3.05) is 22.1 Å². The maximum absolute atomic E-state index is 12.7. The zero-order valence-electron chi connectivity index (χ0n) is 18.8. The molecule has 4 rings (SSSR count). The Morgan fingerprint density at radius 3 is 2.45 bits per heavy atom. The lowest BCUT2D eigenvalue weighted by Crippen LogP contribution is -2.37. The normalized spacial score (nSPS) is 12.7. The Hall–Kier alpha value is -3.94. The first-order valence-electron chi connectivity index (χ1n) is 11.0. The van der Waals surface area contributed by atoms with Gasteiger partial charge in [-0.1, -0.05) is 24.3 Å². The number of hydrogen-bond acceptors (Lipinski definition) is 4. The van der Waals surface area contributed by atoms with E-state index in [-0.39, 0.29) is 30.6 Å². The molecule has 2 aromatic carbocycles. The average molecular weight is 446 g/mol. The van der Waals surface area contributed by atoms with E-state index in [1.54, 1.807) is 4.90 Å². The molecule has 3 aromatic rings. The number of carbonyl (C=O) groups excluding carboxylic acids is 3. The quantitative estimate of drug-likeness (QED) is 0.600. The monoisotopic (exact) mass is 445 g/mol. The Labute approximate surface area is 192 Å². The molecule has 8 heteroatoms. The third kappa shape index (κ3) is 5.46. The maximum atomic E-state index is 12.7. The van der Waals surface area contributed by atoms with Crippen LogP contribution >= 0.6 is 0 Å². The van der Waals surface area contributed by atoms with Crippen LogP contribution in [0, 0.1) is 6.92 Å². The van der Waals surface area contributed by atoms with Gasteiger partial charge in [-0.2, -0.15) is 5.10 Å². The predicted octanol–water partition coefficient (Wildman–Crippen LogP) is 3.97. The van der Waals surface area contributed by atoms with Gasteiger partial charge in [-0.25, -0.2) is 4.68 Å². The van der Waals surface area contributed by atoms with Crippen LogP contribution in [0.25, 0.3) is 11.1 Å². The van der Waals surface area contributed by atoms with Gasteiger partial charge in [-0.15, -0.1) is 0 Å². The van der Waals surface area contributed by atoms with E-state index >= 15 is 0 Å². The highest BCUT2D eigenvalue weighted by Gasteiger charge is 2.24. The number of anilines is 3. The molecule has 0 atom stereocenters. The SMILES string of the molecule is CC(=O)Nc1cccc(-c2ccc(NC(=O)CCC(=O)N3CCCn4nc(C)cc43)cc2)c1. The number of aryl methyl sites for hydroxylation is 2. The van der Waals surface area contributed by atoms with Crippen LogP contribution in [0.1, 0.15) is 31.9 Å². The van der Waals surface area contributed by atoms with E-state index in [0.717, 1.165) is 41.3 Å². The Kier molecular flexibility index (Phi) is 6.53. The highest BCUT2D eigenvalue weighted by atomic mass is 16.2. The highest BCUT2D eigenvalue weighted by molar-refractivity contribution is 5.98. The van der Waals surface area contributed by atoms with Crippen LogP contribution in [0.2, 0.25) is 0 Å². The molecule has 0 radical (unpaired) electrons. The fourth-order valence-corrected chi connectivity index (χ4v) is 3.96. The minimum absolute atomic E-state index is 0.0691. The average Bonchev–Trinajstić information content (AvgIpc) is 3.18. The van der Waals surface area contributed by atoms with Crippen LogP contribution in [0.15, 0.2) is 54.6 Å². The number of nitrogens with zero attached hydrogens (tertiary/aromatic N) is 3. The van der Waals surface area contributed by atoms with E-state index in [9.17, 15) is 14.4 Å². The lowest BCUT2D eigenvalue weighted by atomic mass is 10.0. The topological polar surface area (TPSA) is 96.3 Å². The fourth-order valence-electron chi connectivity index (χ4n) is 3.96. The summed E-state index contributed by atoms with van der Waals surface area (Å²) >= 11 is 0. The molecule has 0 aliphatic carbocycles. The van der Waals surface area contributed by atoms with Gasteiger partial charge in [0.25, 0.3) is 0 Å². The van der Waals surface area contributed by atoms with E-state index in [1.165, 1.54) is 6.92 Å². The van der Waals surface area contributed by atoms with Crippen LogP contribution in [0.4, 0.5) is 17.2 Å². The molecule has 0 saturated carbocycles. The van der Waals surface area contributed by atoms with Crippen LogP contribution in [0.5, 0.6) is 0 Å². The molecule has 1 aliphatic rings. The molecule has 0 unspecified atom stereocenters. The molecule has 1 aliphatic heterocycles. The third-order valence-electron chi connectivity index (χ3n) is 5.46. The molecule has 0 saturated heterocycles. The van der Waals surface area contributed by atoms with Gasteiger partial charge in [-0.3, -0.25) is 19.3 Å². The largest absolute Gasteiger partial charge is 0.326 e. The molecule has 2 heterocycles. The van der Waals surface area contributed by atoms with Crippen molar-refractivity contribution in [3.05, 3.63) is 60.3 Å². The predicted molar refractivity (Wildman–Crippen MR) is 128 cm³/mol. The maximum Gasteiger partial charge on any atom is 0.228 e. The fraction of sp³-hybridized carbons (Fsp3) is 0.280. The molecule has 0 fully saturated rings. The zero-order valence-corrected chi connectivity index (χ0v) is 18.8. The summed E-state index contributed by atoms with van der Waals surface area (Å²) in [6.07, 6.45) is 1.11. The van der Waals surface area contributed by atoms with Gasteiger partial charge in [0.15, 0.2) is 0 Å². The van der Waals surface area contributed by atoms with Gasteiger partial charge >= 0.3 is 0 Å². The molecule has 3 amide bonds. The summed E-state index contributed by atoms with van der Waals surface area (Å²) < 4.78 is 1.85. The number of rotatable bonds is 6. The first kappa shape index (κ1) is 22.3. The van der Waals surface area contributed by atoms with E-state index in [4.69, 9.17) is 0 Å². The summed E-state index contributed by atoms with van der Waals surface area (Å²) in [5.41, 5.74) is 4.20. The smallest absolute Gasteiger partial charge is 0.228 e. The Morgan fingerprint density at radius 1 is 0.909 bits per heavy atom. The lowest BCUT2D eigenvalue weighted by Gasteiger charge is -2.27. The molecule has 1 aromatic heterocycles. The second-order valence-corrected chi connectivity index (χ2v) is 8.15. The highest BCUT2D eigenvalue weighted by Crippen LogP contribution is 2.25. The van der Waals surface area contributed by atoms with Crippen LogP contribution in [-0.4, -0.2) is 34.0 Å². The van der Waals surface area contributed by atoms with E-state index in [1.807, 2.05) is 66.2 Å². The molecular formula is C25H27N5O3. The number of hydrogen-bond donors (Lipinski definition) is 2. The van der Waals surface area contributed by atoms with E-state index < -0.39 is 0 Å². The number of carbonyl (C=O) groups is 3. The summed E-state index contributed by atoms with van der Waals surface area (Å²) in [6.45, 7) is 4.84. The van der Waals surface area contributed by atoms with Gasteiger partial charge in [0, 0.05) is 50.3 Å². The van der Waals surface area contributed by atoms with Gasteiger partial charge < -0.3 is 10.6 Å². The van der Waals surface area contributed by atoms with Crippen LogP contribution in [0.3, 0.4) is 0 Å². The van der Waals surface area contributed by atoms with Crippen molar-refractivity contribution in [3.63, 3.8) is 0 Å². The molecule has 0 bridgehead atoms. The molecule has 8 nitrogen and oxygen atoms in total. The van der Waals surface area contributed by atoms with Crippen LogP contribution in [-0.2, 0) is 20.9 Å². The van der Waals surface area contributed by atoms with Crippen LogP contribution < -0.4 is 15.5 Å². The number of aromatic nitrogens is 2. The molecular weight excluding hydrogens is 418 g/mol. The second kappa shape index (κ2) is 9.68. The minimum Gasteiger partial charge on any atom is -0.326 e. The molecule has 33 heavy (non-hydrogen) atoms. The first-order chi connectivity index (χ1) is 15.9. The van der Waals surface area contributed by atoms with Crippen molar-refractivity contribution in [1.82, 2.24) is 9.78 Å². The van der Waals surface area contributed by atoms with Gasteiger partial charge in [0.05, 0.1) is 5.69 Å². The number of amides is 3. The van der Waals surface area contributed by atoms with E-state index in [0.29, 0.717) is 12.2 Å². The van der Waals surface area contributed by atoms with E-state index in [2.05, 4.69) is 15.7 Å². The summed E-state index contributed by atoms with van der Waals surface area (Å²) in [5, 5.41) is 10.0. The van der Waals surface area contributed by atoms with Crippen molar-refractivity contribution < 1.29 is 14.4 Å². The van der Waals surface area contributed by atoms with Crippen molar-refractivity contribution in [2.45, 2.75) is 39.7 Å². The second-order valence-electron chi connectivity index (χ2n) is 8.15. The summed E-state index contributed by atoms with van der Waals surface area (Å²) in [4.78, 5) is 38.1. The van der Waals surface area contributed by atoms with Crippen molar-refractivity contribution >= 4 is 34.9 Å². The van der Waals surface area contributed by atoms with Crippen molar-refractivity contribution in [3.8, 4) is 11.1 Å². The number of benzene rings is 2. The van der Waals surface area contributed by atoms with Crippen molar-refractivity contribution in [1.29, 1.82) is 0 Å². The summed E-state index contributed by atoms with van der Waals surface area (Å²) in [7, 11) is 0. The van der Waals surface area contributed by atoms with Gasteiger partial charge in [-0.05, 0) is 48.7 Å². The summed E-state index contributed by atoms with van der Waals surface area (Å²) in [5.74, 6) is 0.415. The molecule has 0 spiro atoms.